The first-order valence-corrected chi connectivity index (χ1v) is 5.99. The Labute approximate surface area is 95.2 Å². The molecule has 0 spiro atoms. The summed E-state index contributed by atoms with van der Waals surface area (Å²) in [7, 11) is 0. The summed E-state index contributed by atoms with van der Waals surface area (Å²) in [4.78, 5) is 0. The van der Waals surface area contributed by atoms with Crippen LogP contribution >= 0.6 is 0 Å². The van der Waals surface area contributed by atoms with Crippen molar-refractivity contribution < 1.29 is 4.39 Å². The highest BCUT2D eigenvalue weighted by molar-refractivity contribution is 5.33. The molecule has 0 atom stereocenters. The Balaban J connectivity index is 1.70. The monoisotopic (exact) mass is 220 g/mol. The topological polar surface area (TPSA) is 24.1 Å². The summed E-state index contributed by atoms with van der Waals surface area (Å²) in [6.45, 7) is 3.01. The third-order valence-corrected chi connectivity index (χ3v) is 3.81. The molecule has 3 heteroatoms. The molecule has 2 N–H and O–H groups in total. The summed E-state index contributed by atoms with van der Waals surface area (Å²) in [5, 5.41) is 6.75. The quantitative estimate of drug-likeness (QED) is 0.802. The highest BCUT2D eigenvalue weighted by Gasteiger charge is 2.45. The minimum absolute atomic E-state index is 0.0477. The molecule has 0 unspecified atom stereocenters. The van der Waals surface area contributed by atoms with Crippen molar-refractivity contribution in [2.24, 2.45) is 0 Å². The maximum atomic E-state index is 13.7. The lowest BCUT2D eigenvalue weighted by atomic mass is 9.94. The van der Waals surface area contributed by atoms with Crippen LogP contribution in [0.5, 0.6) is 0 Å². The SMILES string of the molecule is Fc1ccccc1C1(CNC2CNC2)CC1. The van der Waals surface area contributed by atoms with Crippen molar-refractivity contribution >= 4 is 0 Å². The lowest BCUT2D eigenvalue weighted by molar-refractivity contribution is 0.352. The summed E-state index contributed by atoms with van der Waals surface area (Å²) in [6, 6.07) is 7.79. The van der Waals surface area contributed by atoms with Crippen LogP contribution in [0.2, 0.25) is 0 Å². The largest absolute Gasteiger partial charge is 0.314 e. The van der Waals surface area contributed by atoms with Crippen LogP contribution in [0.1, 0.15) is 18.4 Å². The van der Waals surface area contributed by atoms with Gasteiger partial charge in [0.1, 0.15) is 5.82 Å². The third-order valence-electron chi connectivity index (χ3n) is 3.81. The van der Waals surface area contributed by atoms with Crippen LogP contribution in [0.15, 0.2) is 24.3 Å². The second kappa shape index (κ2) is 3.82. The fraction of sp³-hybridized carbons (Fsp3) is 0.538. The Kier molecular flexibility index (Phi) is 2.45. The molecule has 1 aromatic rings. The van der Waals surface area contributed by atoms with Crippen LogP contribution in [0.3, 0.4) is 0 Å². The molecule has 16 heavy (non-hydrogen) atoms. The molecule has 0 radical (unpaired) electrons. The zero-order valence-corrected chi connectivity index (χ0v) is 9.30. The fourth-order valence-corrected chi connectivity index (χ4v) is 2.36. The van der Waals surface area contributed by atoms with Gasteiger partial charge in [0.15, 0.2) is 0 Å². The van der Waals surface area contributed by atoms with E-state index < -0.39 is 0 Å². The standard InChI is InChI=1S/C13H17FN2/c14-12-4-2-1-3-11(12)13(5-6-13)9-16-10-7-15-8-10/h1-4,10,15-16H,5-9H2. The van der Waals surface area contributed by atoms with E-state index in [-0.39, 0.29) is 11.2 Å². The van der Waals surface area contributed by atoms with Crippen LogP contribution in [0.25, 0.3) is 0 Å². The van der Waals surface area contributed by atoms with Crippen molar-refractivity contribution in [3.8, 4) is 0 Å². The second-order valence-corrected chi connectivity index (χ2v) is 5.00. The van der Waals surface area contributed by atoms with Crippen molar-refractivity contribution in [3.05, 3.63) is 35.6 Å². The van der Waals surface area contributed by atoms with E-state index in [2.05, 4.69) is 10.6 Å². The molecular formula is C13H17FN2. The molecule has 1 aliphatic carbocycles. The summed E-state index contributed by atoms with van der Waals surface area (Å²) in [5.74, 6) is -0.0477. The number of nitrogens with one attached hydrogen (secondary N) is 2. The average molecular weight is 220 g/mol. The minimum atomic E-state index is -0.0477. The fourth-order valence-electron chi connectivity index (χ4n) is 2.36. The van der Waals surface area contributed by atoms with Crippen molar-refractivity contribution in [1.82, 2.24) is 10.6 Å². The number of hydrogen-bond acceptors (Lipinski definition) is 2. The van der Waals surface area contributed by atoms with Crippen LogP contribution in [-0.2, 0) is 5.41 Å². The van der Waals surface area contributed by atoms with Gasteiger partial charge in [0.05, 0.1) is 0 Å². The van der Waals surface area contributed by atoms with Crippen molar-refractivity contribution in [1.29, 1.82) is 0 Å². The lowest BCUT2D eigenvalue weighted by Crippen LogP contribution is -2.56. The first-order chi connectivity index (χ1) is 7.80. The molecule has 2 fully saturated rings. The Morgan fingerprint density at radius 3 is 2.62 bits per heavy atom. The molecule has 1 saturated carbocycles. The zero-order valence-electron chi connectivity index (χ0n) is 9.30. The summed E-state index contributed by atoms with van der Waals surface area (Å²) in [5.41, 5.74) is 0.982. The van der Waals surface area contributed by atoms with E-state index in [1.165, 1.54) is 0 Å². The van der Waals surface area contributed by atoms with Gasteiger partial charge in [0.25, 0.3) is 0 Å². The Hall–Kier alpha value is -0.930. The molecule has 3 rings (SSSR count). The van der Waals surface area contributed by atoms with Gasteiger partial charge in [0, 0.05) is 31.1 Å². The predicted molar refractivity (Wildman–Crippen MR) is 62.0 cm³/mol. The highest BCUT2D eigenvalue weighted by Crippen LogP contribution is 2.48. The van der Waals surface area contributed by atoms with Crippen molar-refractivity contribution in [3.63, 3.8) is 0 Å². The van der Waals surface area contributed by atoms with E-state index in [1.807, 2.05) is 12.1 Å². The molecule has 1 aliphatic heterocycles. The van der Waals surface area contributed by atoms with Crippen LogP contribution in [0, 0.1) is 5.82 Å². The maximum Gasteiger partial charge on any atom is 0.127 e. The van der Waals surface area contributed by atoms with E-state index in [0.717, 1.165) is 38.0 Å². The minimum Gasteiger partial charge on any atom is -0.314 e. The molecule has 2 nitrogen and oxygen atoms in total. The van der Waals surface area contributed by atoms with E-state index in [1.54, 1.807) is 12.1 Å². The number of rotatable bonds is 4. The highest BCUT2D eigenvalue weighted by atomic mass is 19.1. The summed E-state index contributed by atoms with van der Waals surface area (Å²) in [6.07, 6.45) is 2.22. The Bertz CT molecular complexity index is 383. The first-order valence-electron chi connectivity index (χ1n) is 5.99. The normalized spacial score (nSPS) is 22.8. The van der Waals surface area contributed by atoms with Crippen molar-refractivity contribution in [2.75, 3.05) is 19.6 Å². The molecule has 1 saturated heterocycles. The van der Waals surface area contributed by atoms with Gasteiger partial charge in [0.2, 0.25) is 0 Å². The second-order valence-electron chi connectivity index (χ2n) is 5.00. The molecular weight excluding hydrogens is 203 g/mol. The smallest absolute Gasteiger partial charge is 0.127 e. The van der Waals surface area contributed by atoms with E-state index in [9.17, 15) is 4.39 Å². The number of benzene rings is 1. The van der Waals surface area contributed by atoms with Gasteiger partial charge in [-0.05, 0) is 24.5 Å². The van der Waals surface area contributed by atoms with Gasteiger partial charge in [-0.25, -0.2) is 4.39 Å². The summed E-state index contributed by atoms with van der Waals surface area (Å²) >= 11 is 0. The van der Waals surface area contributed by atoms with E-state index in [0.29, 0.717) is 6.04 Å². The van der Waals surface area contributed by atoms with E-state index >= 15 is 0 Å². The zero-order chi connectivity index (χ0) is 11.0. The lowest BCUT2D eigenvalue weighted by Gasteiger charge is -2.30. The Morgan fingerprint density at radius 2 is 2.06 bits per heavy atom. The molecule has 0 aromatic heterocycles. The first kappa shape index (κ1) is 10.2. The number of hydrogen-bond donors (Lipinski definition) is 2. The van der Waals surface area contributed by atoms with Gasteiger partial charge in [-0.2, -0.15) is 0 Å². The predicted octanol–water partition coefficient (Wildman–Crippen LogP) is 1.42. The Morgan fingerprint density at radius 1 is 1.31 bits per heavy atom. The van der Waals surface area contributed by atoms with Crippen LogP contribution in [0.4, 0.5) is 4.39 Å². The van der Waals surface area contributed by atoms with Gasteiger partial charge in [-0.15, -0.1) is 0 Å². The van der Waals surface area contributed by atoms with Crippen LogP contribution in [-0.4, -0.2) is 25.7 Å². The molecule has 2 aliphatic rings. The third kappa shape index (κ3) is 1.74. The van der Waals surface area contributed by atoms with Gasteiger partial charge < -0.3 is 10.6 Å². The molecule has 0 bridgehead atoms. The molecule has 1 heterocycles. The average Bonchev–Trinajstić information content (AvgIpc) is 2.97. The van der Waals surface area contributed by atoms with Gasteiger partial charge in [-0.3, -0.25) is 0 Å². The number of halogens is 1. The van der Waals surface area contributed by atoms with Crippen molar-refractivity contribution in [2.45, 2.75) is 24.3 Å². The van der Waals surface area contributed by atoms with Crippen LogP contribution < -0.4 is 10.6 Å². The summed E-state index contributed by atoms with van der Waals surface area (Å²) < 4.78 is 13.7. The molecule has 1 aromatic carbocycles. The maximum absolute atomic E-state index is 13.7. The van der Waals surface area contributed by atoms with Gasteiger partial charge in [-0.1, -0.05) is 18.2 Å². The van der Waals surface area contributed by atoms with E-state index in [4.69, 9.17) is 0 Å². The molecule has 86 valence electrons. The van der Waals surface area contributed by atoms with Gasteiger partial charge >= 0.3 is 0 Å². The molecule has 0 amide bonds.